The van der Waals surface area contributed by atoms with Crippen molar-refractivity contribution >= 4 is 21.8 Å². The van der Waals surface area contributed by atoms with Gasteiger partial charge in [0.1, 0.15) is 0 Å². The third-order valence-corrected chi connectivity index (χ3v) is 9.50. The molecule has 0 radical (unpaired) electrons. The maximum absolute atomic E-state index is 5.24. The van der Waals surface area contributed by atoms with E-state index in [2.05, 4.69) is 129 Å². The van der Waals surface area contributed by atoms with Gasteiger partial charge in [-0.25, -0.2) is 19.9 Å². The Balaban J connectivity index is 1.23. The largest absolute Gasteiger partial charge is 0.228 e. The van der Waals surface area contributed by atoms with E-state index in [1.165, 1.54) is 22.3 Å². The highest BCUT2D eigenvalue weighted by Crippen LogP contribution is 2.52. The van der Waals surface area contributed by atoms with Crippen molar-refractivity contribution < 1.29 is 0 Å². The average Bonchev–Trinajstić information content (AvgIpc) is 3.37. The van der Waals surface area contributed by atoms with Gasteiger partial charge in [0.2, 0.25) is 0 Å². The topological polar surface area (TPSA) is 51.6 Å². The highest BCUT2D eigenvalue weighted by molar-refractivity contribution is 5.97. The minimum atomic E-state index is -0.241. The van der Waals surface area contributed by atoms with Gasteiger partial charge in [0.25, 0.3) is 0 Å². The molecule has 0 aliphatic heterocycles. The molecule has 0 unspecified atom stereocenters. The molecule has 4 nitrogen and oxygen atoms in total. The molecule has 222 valence electrons. The Labute approximate surface area is 273 Å². The molecule has 0 bridgehead atoms. The normalized spacial score (nSPS) is 13.1. The first kappa shape index (κ1) is 27.3. The van der Waals surface area contributed by atoms with Crippen LogP contribution in [0.5, 0.6) is 0 Å². The Hall–Kier alpha value is -6.00. The van der Waals surface area contributed by atoms with E-state index in [0.29, 0.717) is 0 Å². The number of benzene rings is 6. The second-order valence-electron chi connectivity index (χ2n) is 12.7. The van der Waals surface area contributed by atoms with Gasteiger partial charge in [0.05, 0.1) is 22.4 Å². The summed E-state index contributed by atoms with van der Waals surface area (Å²) in [5.41, 5.74) is 12.6. The molecule has 0 fully saturated rings. The van der Waals surface area contributed by atoms with Crippen molar-refractivity contribution in [3.05, 3.63) is 157 Å². The SMILES string of the molecule is CC1(C)c2cc(-c3nc(-c4ccccc4)c4ccccc4n3)ccc2-c2c(-c3nc(-c4ccccc4)c4ccccc4n3)cccc21. The lowest BCUT2D eigenvalue weighted by Gasteiger charge is -2.22. The summed E-state index contributed by atoms with van der Waals surface area (Å²) in [5, 5.41) is 2.09. The Morgan fingerprint density at radius 1 is 0.404 bits per heavy atom. The predicted octanol–water partition coefficient (Wildman–Crippen LogP) is 10.5. The number of aromatic nitrogens is 4. The number of fused-ring (bicyclic) bond motifs is 5. The highest BCUT2D eigenvalue weighted by Gasteiger charge is 2.37. The third kappa shape index (κ3) is 4.37. The summed E-state index contributed by atoms with van der Waals surface area (Å²) in [5.74, 6) is 1.46. The number of nitrogens with zero attached hydrogens (tertiary/aromatic N) is 4. The molecule has 6 aromatic carbocycles. The molecular weight excluding hydrogens is 573 g/mol. The molecular formula is C43H30N4. The maximum Gasteiger partial charge on any atom is 0.161 e. The van der Waals surface area contributed by atoms with Crippen LogP contribution in [0.1, 0.15) is 25.0 Å². The van der Waals surface area contributed by atoms with Crippen LogP contribution in [0.15, 0.2) is 146 Å². The molecule has 0 saturated heterocycles. The van der Waals surface area contributed by atoms with Crippen LogP contribution in [0, 0.1) is 0 Å². The fraction of sp³-hybridized carbons (Fsp3) is 0.0698. The van der Waals surface area contributed by atoms with Gasteiger partial charge in [0, 0.05) is 38.4 Å². The first-order valence-electron chi connectivity index (χ1n) is 16.0. The van der Waals surface area contributed by atoms with Crippen LogP contribution in [-0.4, -0.2) is 19.9 Å². The second kappa shape index (κ2) is 10.5. The summed E-state index contributed by atoms with van der Waals surface area (Å²) < 4.78 is 0. The maximum atomic E-state index is 5.24. The van der Waals surface area contributed by atoms with Gasteiger partial charge in [-0.1, -0.05) is 141 Å². The Morgan fingerprint density at radius 3 is 1.60 bits per heavy atom. The van der Waals surface area contributed by atoms with Gasteiger partial charge in [-0.3, -0.25) is 0 Å². The van der Waals surface area contributed by atoms with E-state index in [0.717, 1.165) is 67.1 Å². The average molecular weight is 603 g/mol. The molecule has 1 aliphatic carbocycles. The molecule has 2 heterocycles. The second-order valence-corrected chi connectivity index (χ2v) is 12.7. The van der Waals surface area contributed by atoms with Crippen LogP contribution in [0.3, 0.4) is 0 Å². The summed E-state index contributed by atoms with van der Waals surface area (Å²) in [6.07, 6.45) is 0. The van der Waals surface area contributed by atoms with E-state index in [1.807, 2.05) is 30.3 Å². The molecule has 1 aliphatic rings. The van der Waals surface area contributed by atoms with Crippen molar-refractivity contribution in [2.75, 3.05) is 0 Å². The van der Waals surface area contributed by atoms with Gasteiger partial charge in [-0.05, 0) is 40.5 Å². The Bertz CT molecular complexity index is 2480. The van der Waals surface area contributed by atoms with Crippen molar-refractivity contribution in [1.82, 2.24) is 19.9 Å². The molecule has 0 N–H and O–H groups in total. The summed E-state index contributed by atoms with van der Waals surface area (Å²) in [7, 11) is 0. The standard InChI is InChI=1S/C43H30N4/c1-43(2)34-21-13-20-33(42-45-37-23-12-10-19-32(37)40(47-42)28-16-7-4-8-17-28)38(34)30-25-24-29(26-35(30)43)41-44-36-22-11-9-18-31(36)39(46-41)27-14-5-3-6-15-27/h3-26H,1-2H3. The molecule has 0 spiro atoms. The third-order valence-electron chi connectivity index (χ3n) is 9.50. The molecule has 9 rings (SSSR count). The first-order chi connectivity index (χ1) is 23.1. The number of hydrogen-bond acceptors (Lipinski definition) is 4. The summed E-state index contributed by atoms with van der Waals surface area (Å²) in [6, 6.07) is 50.5. The van der Waals surface area contributed by atoms with Gasteiger partial charge in [-0.2, -0.15) is 0 Å². The molecule has 0 amide bonds. The Kier molecular flexibility index (Phi) is 6.12. The number of hydrogen-bond donors (Lipinski definition) is 0. The van der Waals surface area contributed by atoms with E-state index >= 15 is 0 Å². The van der Waals surface area contributed by atoms with Gasteiger partial charge < -0.3 is 0 Å². The van der Waals surface area contributed by atoms with Gasteiger partial charge >= 0.3 is 0 Å². The zero-order chi connectivity index (χ0) is 31.5. The van der Waals surface area contributed by atoms with Crippen LogP contribution in [-0.2, 0) is 5.41 Å². The molecule has 47 heavy (non-hydrogen) atoms. The van der Waals surface area contributed by atoms with Crippen molar-refractivity contribution in [3.8, 4) is 56.4 Å². The van der Waals surface area contributed by atoms with Crippen LogP contribution in [0.25, 0.3) is 78.2 Å². The van der Waals surface area contributed by atoms with E-state index in [-0.39, 0.29) is 5.41 Å². The van der Waals surface area contributed by atoms with Gasteiger partial charge in [-0.15, -0.1) is 0 Å². The zero-order valence-corrected chi connectivity index (χ0v) is 26.1. The van der Waals surface area contributed by atoms with E-state index < -0.39 is 0 Å². The monoisotopic (exact) mass is 602 g/mol. The van der Waals surface area contributed by atoms with E-state index in [9.17, 15) is 0 Å². The molecule has 2 aromatic heterocycles. The molecule has 8 aromatic rings. The molecule has 0 saturated carbocycles. The summed E-state index contributed by atoms with van der Waals surface area (Å²) in [6.45, 7) is 4.61. The fourth-order valence-electron chi connectivity index (χ4n) is 7.15. The van der Waals surface area contributed by atoms with Crippen LogP contribution in [0.2, 0.25) is 0 Å². The fourth-order valence-corrected chi connectivity index (χ4v) is 7.15. The predicted molar refractivity (Wildman–Crippen MR) is 192 cm³/mol. The summed E-state index contributed by atoms with van der Waals surface area (Å²) >= 11 is 0. The minimum Gasteiger partial charge on any atom is -0.228 e. The Morgan fingerprint density at radius 2 is 0.957 bits per heavy atom. The van der Waals surface area contributed by atoms with E-state index in [1.54, 1.807) is 0 Å². The quantitative estimate of drug-likeness (QED) is 0.201. The lowest BCUT2D eigenvalue weighted by Crippen LogP contribution is -2.15. The van der Waals surface area contributed by atoms with Gasteiger partial charge in [0.15, 0.2) is 11.6 Å². The van der Waals surface area contributed by atoms with Crippen molar-refractivity contribution in [2.24, 2.45) is 0 Å². The van der Waals surface area contributed by atoms with Crippen LogP contribution in [0.4, 0.5) is 0 Å². The van der Waals surface area contributed by atoms with Crippen molar-refractivity contribution in [2.45, 2.75) is 19.3 Å². The van der Waals surface area contributed by atoms with Crippen LogP contribution >= 0.6 is 0 Å². The summed E-state index contributed by atoms with van der Waals surface area (Å²) in [4.78, 5) is 20.6. The number of para-hydroxylation sites is 2. The molecule has 4 heteroatoms. The lowest BCUT2D eigenvalue weighted by atomic mass is 9.81. The van der Waals surface area contributed by atoms with Crippen molar-refractivity contribution in [1.29, 1.82) is 0 Å². The first-order valence-corrected chi connectivity index (χ1v) is 16.0. The van der Waals surface area contributed by atoms with Crippen molar-refractivity contribution in [3.63, 3.8) is 0 Å². The molecule has 0 atom stereocenters. The highest BCUT2D eigenvalue weighted by atomic mass is 14.9. The smallest absolute Gasteiger partial charge is 0.161 e. The van der Waals surface area contributed by atoms with E-state index in [4.69, 9.17) is 19.9 Å². The minimum absolute atomic E-state index is 0.241. The van der Waals surface area contributed by atoms with Crippen LogP contribution < -0.4 is 0 Å². The lowest BCUT2D eigenvalue weighted by molar-refractivity contribution is 0.660. The zero-order valence-electron chi connectivity index (χ0n) is 26.1. The number of rotatable bonds is 4.